The van der Waals surface area contributed by atoms with Gasteiger partial charge in [0.05, 0.1) is 0 Å². The molecular formula is C60H86. The minimum absolute atomic E-state index is 0.606. The third kappa shape index (κ3) is 25.3. The molecule has 0 aliphatic heterocycles. The summed E-state index contributed by atoms with van der Waals surface area (Å²) in [6.07, 6.45) is 7.91. The molecule has 0 fully saturated rings. The predicted molar refractivity (Wildman–Crippen MR) is 274 cm³/mol. The predicted octanol–water partition coefficient (Wildman–Crippen LogP) is 19.4. The molecule has 0 N–H and O–H groups in total. The zero-order valence-electron chi connectivity index (χ0n) is 40.7. The van der Waals surface area contributed by atoms with Crippen LogP contribution in [0.2, 0.25) is 0 Å². The van der Waals surface area contributed by atoms with Crippen molar-refractivity contribution in [2.24, 2.45) is 17.8 Å². The number of fused-ring (bicyclic) bond motifs is 1. The first-order valence-corrected chi connectivity index (χ1v) is 23.4. The molecule has 0 unspecified atom stereocenters. The number of rotatable bonds is 11. The second-order valence-electron chi connectivity index (χ2n) is 18.2. The van der Waals surface area contributed by atoms with E-state index in [2.05, 4.69) is 243 Å². The quantitative estimate of drug-likeness (QED) is 0.122. The maximum absolute atomic E-state index is 2.28. The normalized spacial score (nSPS) is 10.5. The van der Waals surface area contributed by atoms with Gasteiger partial charge in [0.25, 0.3) is 0 Å². The van der Waals surface area contributed by atoms with Gasteiger partial charge in [0.1, 0.15) is 0 Å². The van der Waals surface area contributed by atoms with Crippen LogP contribution in [0.3, 0.4) is 0 Å². The van der Waals surface area contributed by atoms with E-state index < -0.39 is 0 Å². The highest BCUT2D eigenvalue weighted by atomic mass is 14.1. The Morgan fingerprint density at radius 2 is 0.750 bits per heavy atom. The summed E-state index contributed by atoms with van der Waals surface area (Å²) in [5.74, 6) is 4.50. The van der Waals surface area contributed by atoms with Crippen molar-refractivity contribution in [3.05, 3.63) is 180 Å². The van der Waals surface area contributed by atoms with E-state index in [9.17, 15) is 0 Å². The van der Waals surface area contributed by atoms with Crippen LogP contribution in [0, 0.1) is 17.8 Å². The first kappa shape index (κ1) is 53.6. The van der Waals surface area contributed by atoms with E-state index in [1.165, 1.54) is 82.7 Å². The average Bonchev–Trinajstić information content (AvgIpc) is 3.25. The number of hydrogen-bond acceptors (Lipinski definition) is 0. The first-order chi connectivity index (χ1) is 28.7. The largest absolute Gasteiger partial charge is 0.0654 e. The maximum Gasteiger partial charge on any atom is -0.0181 e. The molecule has 0 heterocycles. The summed E-state index contributed by atoms with van der Waals surface area (Å²) in [5.41, 5.74) is 8.27. The summed E-state index contributed by atoms with van der Waals surface area (Å²) in [6.45, 7) is 31.2. The van der Waals surface area contributed by atoms with Gasteiger partial charge in [0.2, 0.25) is 0 Å². The SMILES string of the molecule is CC(C)CCCc1ccccc1.CC(C)c1ccc(-c2ccccc2)cc1.CC(C)c1ccc2ccccc2c1.CC(C)c1ccccc1.CCC(C)C.CCCC(C)C. The van der Waals surface area contributed by atoms with Crippen molar-refractivity contribution in [2.45, 2.75) is 153 Å². The summed E-state index contributed by atoms with van der Waals surface area (Å²) in [4.78, 5) is 0. The van der Waals surface area contributed by atoms with Crippen molar-refractivity contribution in [2.75, 3.05) is 0 Å². The Hall–Kier alpha value is -4.42. The van der Waals surface area contributed by atoms with Gasteiger partial charge in [-0.05, 0) is 92.5 Å². The zero-order chi connectivity index (χ0) is 44.7. The lowest BCUT2D eigenvalue weighted by Gasteiger charge is -2.06. The molecule has 326 valence electrons. The lowest BCUT2D eigenvalue weighted by Crippen LogP contribution is -1.90. The molecule has 0 saturated carbocycles. The van der Waals surface area contributed by atoms with Crippen LogP contribution >= 0.6 is 0 Å². The van der Waals surface area contributed by atoms with Crippen LogP contribution in [-0.4, -0.2) is 0 Å². The Bertz CT molecular complexity index is 1840. The van der Waals surface area contributed by atoms with Crippen LogP contribution in [0.4, 0.5) is 0 Å². The van der Waals surface area contributed by atoms with Gasteiger partial charge >= 0.3 is 0 Å². The summed E-state index contributed by atoms with van der Waals surface area (Å²) in [5, 5.41) is 2.67. The highest BCUT2D eigenvalue weighted by Gasteiger charge is 2.01. The molecule has 6 rings (SSSR count). The smallest absolute Gasteiger partial charge is 0.0181 e. The Morgan fingerprint density at radius 3 is 1.17 bits per heavy atom. The van der Waals surface area contributed by atoms with Crippen molar-refractivity contribution in [3.8, 4) is 11.1 Å². The van der Waals surface area contributed by atoms with Crippen LogP contribution in [0.15, 0.2) is 158 Å². The molecule has 60 heavy (non-hydrogen) atoms. The monoisotopic (exact) mass is 807 g/mol. The van der Waals surface area contributed by atoms with Crippen LogP contribution in [0.25, 0.3) is 21.9 Å². The Morgan fingerprint density at radius 1 is 0.350 bits per heavy atom. The highest BCUT2D eigenvalue weighted by Crippen LogP contribution is 2.23. The average molecular weight is 807 g/mol. The number of aryl methyl sites for hydroxylation is 1. The second-order valence-corrected chi connectivity index (χ2v) is 18.2. The molecule has 6 aromatic carbocycles. The van der Waals surface area contributed by atoms with Crippen molar-refractivity contribution in [1.82, 2.24) is 0 Å². The van der Waals surface area contributed by atoms with Gasteiger partial charge in [-0.15, -0.1) is 0 Å². The van der Waals surface area contributed by atoms with Gasteiger partial charge in [-0.25, -0.2) is 0 Å². The highest BCUT2D eigenvalue weighted by molar-refractivity contribution is 5.83. The van der Waals surface area contributed by atoms with E-state index >= 15 is 0 Å². The second kappa shape index (κ2) is 32.4. The molecule has 0 saturated heterocycles. The van der Waals surface area contributed by atoms with E-state index in [1.54, 1.807) is 0 Å². The molecule has 0 aliphatic carbocycles. The molecule has 0 aliphatic rings. The lowest BCUT2D eigenvalue weighted by atomic mass is 9.99. The Labute approximate surface area is 371 Å². The van der Waals surface area contributed by atoms with Gasteiger partial charge in [-0.3, -0.25) is 0 Å². The maximum atomic E-state index is 2.28. The standard InChI is InChI=1S/C15H16.C13H14.C12H18.C9H12.C6H14.C5H12/c1-12(2)13-8-10-15(11-9-13)14-6-4-3-5-7-14;1-10(2)12-8-7-11-5-3-4-6-13(11)9-12;1-11(2)7-6-10-12-8-4-3-5-9-12;1-8(2)9-6-4-3-5-7-9;1-4-5-6(2)3;1-4-5(2)3/h3-12H,1-2H3;3-10H,1-2H3;3-5,8-9,11H,6-7,10H2,1-2H3;3-8H,1-2H3;6H,4-5H2,1-3H3;5H,4H2,1-3H3. The molecule has 0 heteroatoms. The fourth-order valence-corrected chi connectivity index (χ4v) is 6.03. The molecule has 0 nitrogen and oxygen atoms in total. The van der Waals surface area contributed by atoms with Gasteiger partial charge < -0.3 is 0 Å². The number of hydrogen-bond donors (Lipinski definition) is 0. The van der Waals surface area contributed by atoms with Crippen molar-refractivity contribution in [3.63, 3.8) is 0 Å². The third-order valence-electron chi connectivity index (χ3n) is 10.4. The number of benzene rings is 6. The van der Waals surface area contributed by atoms with Crippen LogP contribution < -0.4 is 0 Å². The molecule has 6 aromatic rings. The van der Waals surface area contributed by atoms with E-state index in [0.717, 1.165) is 17.8 Å². The fraction of sp³-hybridized carbons (Fsp3) is 0.433. The summed E-state index contributed by atoms with van der Waals surface area (Å²) < 4.78 is 0. The first-order valence-electron chi connectivity index (χ1n) is 23.4. The molecule has 0 radical (unpaired) electrons. The molecule has 0 aromatic heterocycles. The molecule has 0 amide bonds. The summed E-state index contributed by atoms with van der Waals surface area (Å²) in [7, 11) is 0. The zero-order valence-corrected chi connectivity index (χ0v) is 40.7. The summed E-state index contributed by atoms with van der Waals surface area (Å²) >= 11 is 0. The van der Waals surface area contributed by atoms with Gasteiger partial charge in [-0.2, -0.15) is 0 Å². The van der Waals surface area contributed by atoms with Crippen LogP contribution in [0.5, 0.6) is 0 Å². The van der Waals surface area contributed by atoms with Crippen molar-refractivity contribution in [1.29, 1.82) is 0 Å². The molecule has 0 atom stereocenters. The summed E-state index contributed by atoms with van der Waals surface area (Å²) in [6, 6.07) is 55.7. The minimum atomic E-state index is 0.606. The van der Waals surface area contributed by atoms with Gasteiger partial charge in [-0.1, -0.05) is 280 Å². The third-order valence-corrected chi connectivity index (χ3v) is 10.4. The minimum Gasteiger partial charge on any atom is -0.0654 e. The fourth-order valence-electron chi connectivity index (χ4n) is 6.03. The van der Waals surface area contributed by atoms with Gasteiger partial charge in [0, 0.05) is 0 Å². The molecular weight excluding hydrogens is 721 g/mol. The van der Waals surface area contributed by atoms with Crippen molar-refractivity contribution >= 4 is 10.8 Å². The Balaban J connectivity index is 0.000000374. The van der Waals surface area contributed by atoms with E-state index in [4.69, 9.17) is 0 Å². The van der Waals surface area contributed by atoms with Gasteiger partial charge in [0.15, 0.2) is 0 Å². The molecule has 0 bridgehead atoms. The van der Waals surface area contributed by atoms with Crippen LogP contribution in [0.1, 0.15) is 169 Å². The van der Waals surface area contributed by atoms with E-state index in [-0.39, 0.29) is 0 Å². The van der Waals surface area contributed by atoms with Crippen molar-refractivity contribution < 1.29 is 0 Å². The molecule has 0 spiro atoms. The van der Waals surface area contributed by atoms with Crippen LogP contribution in [-0.2, 0) is 6.42 Å². The lowest BCUT2D eigenvalue weighted by molar-refractivity contribution is 0.556. The van der Waals surface area contributed by atoms with E-state index in [1.807, 2.05) is 12.1 Å². The van der Waals surface area contributed by atoms with E-state index in [0.29, 0.717) is 17.8 Å². The Kier molecular flexibility index (Phi) is 28.9. The topological polar surface area (TPSA) is 0 Å².